The topological polar surface area (TPSA) is 35.6 Å². The first kappa shape index (κ1) is 18.7. The third-order valence-electron chi connectivity index (χ3n) is 2.49. The minimum Gasteiger partial charge on any atom is -0.334 e. The zero-order valence-corrected chi connectivity index (χ0v) is 11.7. The lowest BCUT2D eigenvalue weighted by molar-refractivity contribution is -0.151. The average molecular weight is 293 g/mol. The number of hydrogen-bond donors (Lipinski definition) is 1. The van der Waals surface area contributed by atoms with Gasteiger partial charge in [0.25, 0.3) is 0 Å². The van der Waals surface area contributed by atoms with Gasteiger partial charge in [-0.15, -0.1) is 13.2 Å². The molecule has 0 aliphatic rings. The molecule has 0 aliphatic carbocycles. The van der Waals surface area contributed by atoms with Crippen molar-refractivity contribution in [3.63, 3.8) is 0 Å². The van der Waals surface area contributed by atoms with E-state index in [2.05, 4.69) is 18.5 Å². The number of nitrogens with one attached hydrogen (secondary N) is 1. The first-order valence-corrected chi connectivity index (χ1v) is 6.27. The fraction of sp³-hybridized carbons (Fsp3) is 0.615. The number of alkyl halides is 3. The molecule has 0 rings (SSSR count). The Morgan fingerprint density at radius 2 is 1.80 bits per heavy atom. The average Bonchev–Trinajstić information content (AvgIpc) is 2.33. The van der Waals surface area contributed by atoms with Gasteiger partial charge in [-0.25, -0.2) is 0 Å². The number of halogens is 3. The van der Waals surface area contributed by atoms with E-state index >= 15 is 0 Å². The molecule has 0 saturated carbocycles. The van der Waals surface area contributed by atoms with E-state index in [0.29, 0.717) is 6.54 Å². The van der Waals surface area contributed by atoms with Crippen LogP contribution >= 0.6 is 0 Å². The maximum atomic E-state index is 12.5. The monoisotopic (exact) mass is 293 g/mol. The van der Waals surface area contributed by atoms with Crippen LogP contribution in [0.15, 0.2) is 25.3 Å². The van der Waals surface area contributed by atoms with E-state index in [1.54, 1.807) is 7.05 Å². The van der Waals surface area contributed by atoms with E-state index in [4.69, 9.17) is 0 Å². The molecule has 4 nitrogen and oxygen atoms in total. The molecular weight excluding hydrogens is 271 g/mol. The largest absolute Gasteiger partial charge is 0.401 e. The fourth-order valence-corrected chi connectivity index (χ4v) is 1.62. The molecule has 0 heterocycles. The summed E-state index contributed by atoms with van der Waals surface area (Å²) in [7, 11) is 1.65. The van der Waals surface area contributed by atoms with Crippen LogP contribution in [-0.2, 0) is 4.79 Å². The minimum atomic E-state index is -4.32. The summed E-state index contributed by atoms with van der Waals surface area (Å²) in [4.78, 5) is 14.5. The van der Waals surface area contributed by atoms with Crippen molar-refractivity contribution in [3.05, 3.63) is 25.3 Å². The molecule has 0 bridgehead atoms. The SMILES string of the molecule is C=CCN(CC=C)C(=O)CN(CCNC)CC(F)(F)F. The molecule has 1 amide bonds. The number of likely N-dealkylation sites (N-methyl/N-ethyl adjacent to an activating group) is 1. The summed E-state index contributed by atoms with van der Waals surface area (Å²) in [6.45, 7) is 6.78. The molecule has 0 aromatic carbocycles. The van der Waals surface area contributed by atoms with Crippen LogP contribution in [0.1, 0.15) is 0 Å². The second-order valence-electron chi connectivity index (χ2n) is 4.31. The van der Waals surface area contributed by atoms with Crippen molar-refractivity contribution in [2.24, 2.45) is 0 Å². The molecule has 1 N–H and O–H groups in total. The first-order chi connectivity index (χ1) is 9.34. The molecule has 0 spiro atoms. The molecule has 0 radical (unpaired) electrons. The van der Waals surface area contributed by atoms with Crippen molar-refractivity contribution >= 4 is 5.91 Å². The second-order valence-corrected chi connectivity index (χ2v) is 4.31. The third-order valence-corrected chi connectivity index (χ3v) is 2.49. The van der Waals surface area contributed by atoms with Gasteiger partial charge in [-0.1, -0.05) is 12.2 Å². The Balaban J connectivity index is 4.62. The molecule has 0 aliphatic heterocycles. The van der Waals surface area contributed by atoms with Gasteiger partial charge >= 0.3 is 6.18 Å². The van der Waals surface area contributed by atoms with Crippen molar-refractivity contribution < 1.29 is 18.0 Å². The highest BCUT2D eigenvalue weighted by Gasteiger charge is 2.31. The van der Waals surface area contributed by atoms with E-state index in [1.807, 2.05) is 0 Å². The van der Waals surface area contributed by atoms with Crippen molar-refractivity contribution in [3.8, 4) is 0 Å². The highest BCUT2D eigenvalue weighted by Crippen LogP contribution is 2.16. The summed E-state index contributed by atoms with van der Waals surface area (Å²) in [5, 5.41) is 2.77. The molecular formula is C13H22F3N3O. The number of amides is 1. The zero-order chi connectivity index (χ0) is 15.6. The van der Waals surface area contributed by atoms with Gasteiger partial charge in [0, 0.05) is 26.2 Å². The van der Waals surface area contributed by atoms with Gasteiger partial charge in [0.2, 0.25) is 5.91 Å². The fourth-order valence-electron chi connectivity index (χ4n) is 1.62. The van der Waals surface area contributed by atoms with Gasteiger partial charge in [-0.3, -0.25) is 9.69 Å². The Kier molecular flexibility index (Phi) is 8.91. The lowest BCUT2D eigenvalue weighted by Crippen LogP contribution is -2.45. The first-order valence-electron chi connectivity index (χ1n) is 6.27. The van der Waals surface area contributed by atoms with E-state index in [1.165, 1.54) is 17.1 Å². The molecule has 0 aromatic rings. The van der Waals surface area contributed by atoms with E-state index < -0.39 is 12.7 Å². The second kappa shape index (κ2) is 9.55. The van der Waals surface area contributed by atoms with Gasteiger partial charge in [0.05, 0.1) is 13.1 Å². The Morgan fingerprint density at radius 1 is 1.25 bits per heavy atom. The van der Waals surface area contributed by atoms with Gasteiger partial charge in [-0.05, 0) is 7.05 Å². The number of hydrogen-bond acceptors (Lipinski definition) is 3. The summed E-state index contributed by atoms with van der Waals surface area (Å²) in [6, 6.07) is 0. The number of nitrogens with zero attached hydrogens (tertiary/aromatic N) is 2. The lowest BCUT2D eigenvalue weighted by atomic mass is 10.3. The van der Waals surface area contributed by atoms with E-state index in [0.717, 1.165) is 4.90 Å². The van der Waals surface area contributed by atoms with Crippen LogP contribution in [0.4, 0.5) is 13.2 Å². The van der Waals surface area contributed by atoms with Crippen molar-refractivity contribution in [2.45, 2.75) is 6.18 Å². The van der Waals surface area contributed by atoms with Crippen LogP contribution in [0.5, 0.6) is 0 Å². The number of carbonyl (C=O) groups is 1. The van der Waals surface area contributed by atoms with Crippen LogP contribution in [0.2, 0.25) is 0 Å². The summed E-state index contributed by atoms with van der Waals surface area (Å²) in [5.74, 6) is -0.370. The predicted molar refractivity (Wildman–Crippen MR) is 73.4 cm³/mol. The molecule has 0 unspecified atom stereocenters. The zero-order valence-electron chi connectivity index (χ0n) is 11.7. The van der Waals surface area contributed by atoms with Crippen molar-refractivity contribution in [1.29, 1.82) is 0 Å². The molecule has 7 heteroatoms. The Labute approximate surface area is 117 Å². The van der Waals surface area contributed by atoms with Gasteiger partial charge in [0.15, 0.2) is 0 Å². The molecule has 0 saturated heterocycles. The molecule has 0 fully saturated rings. The highest BCUT2D eigenvalue weighted by molar-refractivity contribution is 5.78. The summed E-state index contributed by atoms with van der Waals surface area (Å²) < 4.78 is 37.4. The molecule has 116 valence electrons. The lowest BCUT2D eigenvalue weighted by Gasteiger charge is -2.26. The van der Waals surface area contributed by atoms with Gasteiger partial charge < -0.3 is 10.2 Å². The van der Waals surface area contributed by atoms with Crippen molar-refractivity contribution in [2.75, 3.05) is 46.3 Å². The quantitative estimate of drug-likeness (QED) is 0.616. The van der Waals surface area contributed by atoms with E-state index in [9.17, 15) is 18.0 Å². The molecule has 20 heavy (non-hydrogen) atoms. The summed E-state index contributed by atoms with van der Waals surface area (Å²) >= 11 is 0. The summed E-state index contributed by atoms with van der Waals surface area (Å²) in [6.07, 6.45) is -1.26. The normalized spacial score (nSPS) is 11.4. The number of rotatable bonds is 10. The van der Waals surface area contributed by atoms with Crippen LogP contribution < -0.4 is 5.32 Å². The Hall–Kier alpha value is -1.34. The summed E-state index contributed by atoms with van der Waals surface area (Å²) in [5.41, 5.74) is 0. The number of carbonyl (C=O) groups excluding carboxylic acids is 1. The Morgan fingerprint density at radius 3 is 2.20 bits per heavy atom. The Bertz CT molecular complexity index is 308. The van der Waals surface area contributed by atoms with Crippen LogP contribution in [0.3, 0.4) is 0 Å². The predicted octanol–water partition coefficient (Wildman–Crippen LogP) is 1.27. The molecule has 0 aromatic heterocycles. The minimum absolute atomic E-state index is 0.151. The third kappa shape index (κ3) is 8.71. The van der Waals surface area contributed by atoms with Crippen LogP contribution in [-0.4, -0.2) is 68.2 Å². The van der Waals surface area contributed by atoms with Crippen LogP contribution in [0.25, 0.3) is 0 Å². The smallest absolute Gasteiger partial charge is 0.334 e. The maximum Gasteiger partial charge on any atom is 0.401 e. The molecule has 0 atom stereocenters. The van der Waals surface area contributed by atoms with Gasteiger partial charge in [-0.2, -0.15) is 13.2 Å². The maximum absolute atomic E-state index is 12.5. The van der Waals surface area contributed by atoms with Crippen molar-refractivity contribution in [1.82, 2.24) is 15.1 Å². The standard InChI is InChI=1S/C13H22F3N3O/c1-4-7-19(8-5-2)12(20)10-18(9-6-17-3)11-13(14,15)16/h4-5,17H,1-2,6-11H2,3H3. The van der Waals surface area contributed by atoms with Crippen LogP contribution in [0, 0.1) is 0 Å². The van der Waals surface area contributed by atoms with Gasteiger partial charge in [0.1, 0.15) is 0 Å². The highest BCUT2D eigenvalue weighted by atomic mass is 19.4. The van der Waals surface area contributed by atoms with E-state index in [-0.39, 0.29) is 32.1 Å².